The minimum absolute atomic E-state index is 0.0973. The van der Waals surface area contributed by atoms with E-state index in [4.69, 9.17) is 22.1 Å². The summed E-state index contributed by atoms with van der Waals surface area (Å²) in [5.41, 5.74) is 1.04. The first-order chi connectivity index (χ1) is 13.8. The van der Waals surface area contributed by atoms with Gasteiger partial charge < -0.3 is 15.2 Å². The van der Waals surface area contributed by atoms with Gasteiger partial charge in [-0.3, -0.25) is 24.4 Å². The van der Waals surface area contributed by atoms with Gasteiger partial charge in [-0.15, -0.1) is 0 Å². The molecule has 0 saturated carbocycles. The third-order valence-corrected chi connectivity index (χ3v) is 5.09. The van der Waals surface area contributed by atoms with E-state index in [1.165, 1.54) is 23.9 Å². The van der Waals surface area contributed by atoms with Crippen molar-refractivity contribution in [2.24, 2.45) is 0 Å². The van der Waals surface area contributed by atoms with Gasteiger partial charge in [0.2, 0.25) is 0 Å². The first-order valence-electron chi connectivity index (χ1n) is 8.15. The van der Waals surface area contributed by atoms with Crippen molar-refractivity contribution < 1.29 is 24.4 Å². The number of carboxylic acid groups (broad SMARTS) is 1. The van der Waals surface area contributed by atoms with Gasteiger partial charge in [0, 0.05) is 23.4 Å². The lowest BCUT2D eigenvalue weighted by Crippen LogP contribution is -2.17. The number of nitrogens with one attached hydrogen (secondary N) is 1. The maximum absolute atomic E-state index is 12.0. The number of carboxylic acids is 1. The number of carbonyl (C=O) groups is 2. The molecule has 0 bridgehead atoms. The van der Waals surface area contributed by atoms with Gasteiger partial charge in [0.05, 0.1) is 35.6 Å². The van der Waals surface area contributed by atoms with Gasteiger partial charge in [-0.25, -0.2) is 0 Å². The van der Waals surface area contributed by atoms with Crippen molar-refractivity contribution in [2.75, 3.05) is 7.11 Å². The number of methoxy groups -OCH3 is 1. The second kappa shape index (κ2) is 8.41. The Morgan fingerprint density at radius 2 is 2.28 bits per heavy atom. The molecule has 0 unspecified atom stereocenters. The molecule has 1 aliphatic rings. The highest BCUT2D eigenvalue weighted by Gasteiger charge is 2.24. The Hall–Kier alpha value is -3.25. The Morgan fingerprint density at radius 1 is 1.52 bits per heavy atom. The van der Waals surface area contributed by atoms with E-state index in [0.717, 1.165) is 11.8 Å². The number of nitro benzene ring substituents is 1. The second-order valence-corrected chi connectivity index (χ2v) is 7.55. The largest absolute Gasteiger partial charge is 0.490 e. The summed E-state index contributed by atoms with van der Waals surface area (Å²) in [6, 6.07) is 4.37. The van der Waals surface area contributed by atoms with Crippen molar-refractivity contribution in [3.8, 4) is 17.0 Å². The zero-order valence-electron chi connectivity index (χ0n) is 14.9. The predicted molar refractivity (Wildman–Crippen MR) is 109 cm³/mol. The Kier molecular flexibility index (Phi) is 5.94. The first-order valence-corrected chi connectivity index (χ1v) is 9.38. The van der Waals surface area contributed by atoms with Crippen LogP contribution in [0.5, 0.6) is 5.75 Å². The second-order valence-electron chi connectivity index (χ2n) is 5.84. The van der Waals surface area contributed by atoms with Crippen LogP contribution in [0, 0.1) is 10.1 Å². The van der Waals surface area contributed by atoms with E-state index in [-0.39, 0.29) is 30.3 Å². The number of amides is 1. The van der Waals surface area contributed by atoms with Gasteiger partial charge in [-0.2, -0.15) is 5.10 Å². The fourth-order valence-electron chi connectivity index (χ4n) is 2.63. The van der Waals surface area contributed by atoms with Crippen LogP contribution < -0.4 is 10.1 Å². The molecule has 1 aliphatic heterocycles. The van der Waals surface area contributed by atoms with Crippen molar-refractivity contribution in [1.29, 1.82) is 0 Å². The number of aliphatic carboxylic acids is 1. The number of ether oxygens (including phenoxy) is 1. The van der Waals surface area contributed by atoms with Crippen molar-refractivity contribution in [2.45, 2.75) is 13.0 Å². The molecule has 1 aromatic heterocycles. The molecule has 1 amide bonds. The number of benzene rings is 1. The molecule has 0 aliphatic carbocycles. The monoisotopic (exact) mass is 434 g/mol. The highest BCUT2D eigenvalue weighted by molar-refractivity contribution is 8.26. The molecule has 1 aromatic carbocycles. The minimum atomic E-state index is -0.988. The molecule has 150 valence electrons. The molecule has 2 N–H and O–H groups in total. The molecule has 0 radical (unpaired) electrons. The lowest BCUT2D eigenvalue weighted by molar-refractivity contribution is -0.385. The standard InChI is InChI=1S/C17H14N4O6S2/c1-27-12-3-2-9(6-11(12)21(25)26)15-10(7-13-16(24)18-17(28)29-13)8-20(19-15)5-4-14(22)23/h2-3,6-8H,4-5H2,1H3,(H,22,23)(H,18,24,28)/b13-7-. The van der Waals surface area contributed by atoms with E-state index < -0.39 is 10.9 Å². The number of hydrogen-bond acceptors (Lipinski definition) is 8. The van der Waals surface area contributed by atoms with E-state index >= 15 is 0 Å². The van der Waals surface area contributed by atoms with E-state index in [9.17, 15) is 19.7 Å². The molecule has 2 aromatic rings. The number of carbonyl (C=O) groups excluding carboxylic acids is 1. The van der Waals surface area contributed by atoms with Crippen LogP contribution in [0.4, 0.5) is 5.69 Å². The summed E-state index contributed by atoms with van der Waals surface area (Å²) < 4.78 is 6.76. The zero-order chi connectivity index (χ0) is 21.1. The van der Waals surface area contributed by atoms with Crippen LogP contribution in [0.3, 0.4) is 0 Å². The van der Waals surface area contributed by atoms with Crippen LogP contribution in [-0.2, 0) is 16.1 Å². The Labute approximate surface area is 173 Å². The Bertz CT molecular complexity index is 1060. The molecule has 12 heteroatoms. The number of nitrogens with zero attached hydrogens (tertiary/aromatic N) is 3. The van der Waals surface area contributed by atoms with Gasteiger partial charge in [0.25, 0.3) is 5.91 Å². The normalized spacial score (nSPS) is 14.9. The number of aromatic nitrogens is 2. The van der Waals surface area contributed by atoms with Crippen LogP contribution in [0.15, 0.2) is 29.3 Å². The summed E-state index contributed by atoms with van der Waals surface area (Å²) in [5.74, 6) is -1.25. The average Bonchev–Trinajstić information content (AvgIpc) is 3.22. The summed E-state index contributed by atoms with van der Waals surface area (Å²) in [6.45, 7) is 0.0987. The van der Waals surface area contributed by atoms with Gasteiger partial charge >= 0.3 is 11.7 Å². The van der Waals surface area contributed by atoms with Gasteiger partial charge in [-0.05, 0) is 18.2 Å². The van der Waals surface area contributed by atoms with Gasteiger partial charge in [-0.1, -0.05) is 24.0 Å². The average molecular weight is 434 g/mol. The minimum Gasteiger partial charge on any atom is -0.490 e. The van der Waals surface area contributed by atoms with E-state index in [1.54, 1.807) is 18.3 Å². The molecule has 3 rings (SSSR count). The highest BCUT2D eigenvalue weighted by atomic mass is 32.2. The van der Waals surface area contributed by atoms with Crippen LogP contribution >= 0.6 is 24.0 Å². The summed E-state index contributed by atoms with van der Waals surface area (Å²) in [4.78, 5) is 34.0. The number of aryl methyl sites for hydroxylation is 1. The van der Waals surface area contributed by atoms with E-state index in [1.807, 2.05) is 0 Å². The summed E-state index contributed by atoms with van der Waals surface area (Å²) in [5, 5.41) is 27.1. The Balaban J connectivity index is 2.09. The third kappa shape index (κ3) is 4.60. The summed E-state index contributed by atoms with van der Waals surface area (Å²) >= 11 is 6.07. The lowest BCUT2D eigenvalue weighted by atomic mass is 10.1. The SMILES string of the molecule is COc1ccc(-c2nn(CCC(=O)O)cc2/C=C2\SC(=S)NC2=O)cc1[N+](=O)[O-]. The molecule has 10 nitrogen and oxygen atoms in total. The van der Waals surface area contributed by atoms with Crippen LogP contribution in [0.1, 0.15) is 12.0 Å². The molecule has 2 heterocycles. The summed E-state index contributed by atoms with van der Waals surface area (Å²) in [7, 11) is 1.33. The van der Waals surface area contributed by atoms with Gasteiger partial charge in [0.1, 0.15) is 4.32 Å². The third-order valence-electron chi connectivity index (χ3n) is 3.92. The number of thiocarbonyl (C=S) groups is 1. The van der Waals surface area contributed by atoms with Gasteiger partial charge in [0.15, 0.2) is 5.75 Å². The molecule has 1 saturated heterocycles. The van der Waals surface area contributed by atoms with Crippen molar-refractivity contribution in [1.82, 2.24) is 15.1 Å². The fraction of sp³-hybridized carbons (Fsp3) is 0.176. The van der Waals surface area contributed by atoms with Crippen LogP contribution in [0.25, 0.3) is 17.3 Å². The maximum Gasteiger partial charge on any atom is 0.311 e. The van der Waals surface area contributed by atoms with Crippen molar-refractivity contribution in [3.05, 3.63) is 45.0 Å². The molecule has 1 fully saturated rings. The molecule has 29 heavy (non-hydrogen) atoms. The molecular weight excluding hydrogens is 420 g/mol. The van der Waals surface area contributed by atoms with Crippen molar-refractivity contribution in [3.63, 3.8) is 0 Å². The quantitative estimate of drug-likeness (QED) is 0.291. The maximum atomic E-state index is 12.0. The number of thioether (sulfide) groups is 1. The van der Waals surface area contributed by atoms with E-state index in [0.29, 0.717) is 26.0 Å². The topological polar surface area (TPSA) is 137 Å². The number of rotatable bonds is 7. The first kappa shape index (κ1) is 20.5. The van der Waals surface area contributed by atoms with E-state index in [2.05, 4.69) is 10.4 Å². The highest BCUT2D eigenvalue weighted by Crippen LogP contribution is 2.35. The fourth-order valence-corrected chi connectivity index (χ4v) is 3.67. The molecular formula is C17H14N4O6S2. The lowest BCUT2D eigenvalue weighted by Gasteiger charge is -2.04. The number of nitro groups is 1. The van der Waals surface area contributed by atoms with Crippen LogP contribution in [0.2, 0.25) is 0 Å². The smallest absolute Gasteiger partial charge is 0.311 e. The number of hydrogen-bond donors (Lipinski definition) is 2. The molecule has 0 atom stereocenters. The van der Waals surface area contributed by atoms with Crippen LogP contribution in [-0.4, -0.2) is 43.1 Å². The zero-order valence-corrected chi connectivity index (χ0v) is 16.6. The molecule has 0 spiro atoms. The Morgan fingerprint density at radius 3 is 2.86 bits per heavy atom. The summed E-state index contributed by atoms with van der Waals surface area (Å²) in [6.07, 6.45) is 2.99. The predicted octanol–water partition coefficient (Wildman–Crippen LogP) is 2.43. The van der Waals surface area contributed by atoms with Crippen molar-refractivity contribution >= 4 is 51.9 Å².